The lowest BCUT2D eigenvalue weighted by Gasteiger charge is -2.09. The van der Waals surface area contributed by atoms with Crippen LogP contribution in [-0.2, 0) is 16.3 Å². The van der Waals surface area contributed by atoms with Crippen molar-refractivity contribution in [3.8, 4) is 12.3 Å². The van der Waals surface area contributed by atoms with E-state index in [0.717, 1.165) is 6.20 Å². The molecule has 0 spiro atoms. The molecule has 3 N–H and O–H groups in total. The van der Waals surface area contributed by atoms with E-state index in [1.807, 2.05) is 0 Å². The molecule has 0 aliphatic carbocycles. The number of hydrogen-bond donors (Lipinski definition) is 2. The van der Waals surface area contributed by atoms with Gasteiger partial charge in [-0.25, -0.2) is 0 Å². The first-order chi connectivity index (χ1) is 8.14. The number of aromatic nitrogens is 1. The molecule has 0 aromatic carbocycles. The fourth-order valence-electron chi connectivity index (χ4n) is 0.820. The van der Waals surface area contributed by atoms with Crippen molar-refractivity contribution in [1.29, 1.82) is 0 Å². The molecule has 0 aliphatic rings. The van der Waals surface area contributed by atoms with Gasteiger partial charge in [0.25, 0.3) is 10.1 Å². The van der Waals surface area contributed by atoms with Crippen LogP contribution in [0.2, 0.25) is 0 Å². The van der Waals surface area contributed by atoms with Crippen molar-refractivity contribution in [2.45, 2.75) is 11.1 Å². The van der Waals surface area contributed by atoms with E-state index in [4.69, 9.17) is 10.3 Å². The van der Waals surface area contributed by atoms with Gasteiger partial charge >= 0.3 is 6.18 Å². The second-order valence-electron chi connectivity index (χ2n) is 2.75. The minimum Gasteiger partial charge on any atom is -0.320 e. The van der Waals surface area contributed by atoms with Crippen LogP contribution in [-0.4, -0.2) is 24.5 Å². The van der Waals surface area contributed by atoms with E-state index in [9.17, 15) is 21.6 Å². The Morgan fingerprint density at radius 1 is 1.50 bits per heavy atom. The lowest BCUT2D eigenvalue weighted by molar-refractivity contribution is -0.140. The normalized spacial score (nSPS) is 11.1. The monoisotopic (exact) mass is 282 g/mol. The van der Waals surface area contributed by atoms with Crippen molar-refractivity contribution in [2.24, 2.45) is 5.73 Å². The van der Waals surface area contributed by atoms with Gasteiger partial charge in [-0.1, -0.05) is 5.92 Å². The first-order valence-corrected chi connectivity index (χ1v) is 5.70. The number of alkyl halides is 3. The van der Waals surface area contributed by atoms with Crippen LogP contribution in [0.5, 0.6) is 0 Å². The molecule has 0 aliphatic heterocycles. The van der Waals surface area contributed by atoms with E-state index in [1.165, 1.54) is 0 Å². The van der Waals surface area contributed by atoms with E-state index < -0.39 is 26.8 Å². The molecular formula is C9H9F3N2O3S. The van der Waals surface area contributed by atoms with Gasteiger partial charge < -0.3 is 5.73 Å². The van der Waals surface area contributed by atoms with Gasteiger partial charge in [0, 0.05) is 12.4 Å². The van der Waals surface area contributed by atoms with Gasteiger partial charge in [-0.05, 0) is 6.07 Å². The maximum atomic E-state index is 12.2. The van der Waals surface area contributed by atoms with Crippen molar-refractivity contribution in [1.82, 2.24) is 4.98 Å². The molecule has 0 fully saturated rings. The highest BCUT2D eigenvalue weighted by molar-refractivity contribution is 7.85. The van der Waals surface area contributed by atoms with Crippen LogP contribution >= 0.6 is 0 Å². The fraction of sp³-hybridized carbons (Fsp3) is 0.222. The number of hydrogen-bond acceptors (Lipinski definition) is 4. The molecule has 0 radical (unpaired) electrons. The molecular weight excluding hydrogens is 273 g/mol. The van der Waals surface area contributed by atoms with Gasteiger partial charge in [0.05, 0.1) is 12.1 Å². The van der Waals surface area contributed by atoms with Gasteiger partial charge in [0.15, 0.2) is 0 Å². The van der Waals surface area contributed by atoms with Crippen LogP contribution in [0.25, 0.3) is 0 Å². The molecule has 1 aromatic rings. The maximum absolute atomic E-state index is 12.2. The summed E-state index contributed by atoms with van der Waals surface area (Å²) in [6.07, 6.45) is 1.05. The maximum Gasteiger partial charge on any atom is 0.417 e. The Morgan fingerprint density at radius 2 is 2.00 bits per heavy atom. The third-order valence-electron chi connectivity index (χ3n) is 1.49. The predicted octanol–water partition coefficient (Wildman–Crippen LogP) is 0.925. The summed E-state index contributed by atoms with van der Waals surface area (Å²) in [4.78, 5) is 1.94. The summed E-state index contributed by atoms with van der Waals surface area (Å²) in [5, 5.41) is 0. The van der Waals surface area contributed by atoms with Crippen LogP contribution in [0.15, 0.2) is 23.4 Å². The van der Waals surface area contributed by atoms with Crippen molar-refractivity contribution >= 4 is 10.1 Å². The molecule has 0 unspecified atom stereocenters. The van der Waals surface area contributed by atoms with E-state index >= 15 is 0 Å². The molecule has 1 heterocycles. The van der Waals surface area contributed by atoms with Crippen molar-refractivity contribution in [2.75, 3.05) is 6.54 Å². The number of nitrogens with zero attached hydrogens (tertiary/aromatic N) is 1. The standard InChI is InChI=1S/C6H4F3NO3S.C3H5N/c7-6(8,9)4-1-2-10-3-5(4)14(11,12)13;1-2-3-4/h1-3H,(H,11,12,13);1H,3-4H2. The third-order valence-corrected chi connectivity index (χ3v) is 2.37. The number of rotatable bonds is 1. The summed E-state index contributed by atoms with van der Waals surface area (Å²) in [6.45, 7) is 0.347. The van der Waals surface area contributed by atoms with Crippen molar-refractivity contribution in [3.05, 3.63) is 24.0 Å². The number of pyridine rings is 1. The zero-order chi connectivity index (χ0) is 14.4. The second kappa shape index (κ2) is 6.34. The SMILES string of the molecule is C#CCN.O=S(=O)(O)c1cnccc1C(F)(F)F. The predicted molar refractivity (Wildman–Crippen MR) is 56.9 cm³/mol. The van der Waals surface area contributed by atoms with Gasteiger partial charge in [0.2, 0.25) is 0 Å². The van der Waals surface area contributed by atoms with Crippen LogP contribution in [0.3, 0.4) is 0 Å². The second-order valence-corrected chi connectivity index (χ2v) is 4.14. The first-order valence-electron chi connectivity index (χ1n) is 4.26. The molecule has 18 heavy (non-hydrogen) atoms. The van der Waals surface area contributed by atoms with Gasteiger partial charge in [-0.2, -0.15) is 21.6 Å². The van der Waals surface area contributed by atoms with E-state index in [0.29, 0.717) is 18.8 Å². The summed E-state index contributed by atoms with van der Waals surface area (Å²) in [5.41, 5.74) is 3.36. The number of nitrogens with two attached hydrogens (primary N) is 1. The minimum absolute atomic E-state index is 0.347. The van der Waals surface area contributed by atoms with Crippen LogP contribution in [0.4, 0.5) is 13.2 Å². The van der Waals surface area contributed by atoms with Crippen LogP contribution < -0.4 is 5.73 Å². The van der Waals surface area contributed by atoms with E-state index in [-0.39, 0.29) is 0 Å². The summed E-state index contributed by atoms with van der Waals surface area (Å²) >= 11 is 0. The zero-order valence-electron chi connectivity index (χ0n) is 8.85. The summed E-state index contributed by atoms with van der Waals surface area (Å²) in [6, 6.07) is 0.475. The number of terminal acetylenes is 1. The Bertz CT molecular complexity index is 535. The van der Waals surface area contributed by atoms with Crippen molar-refractivity contribution < 1.29 is 26.1 Å². The van der Waals surface area contributed by atoms with Gasteiger partial charge in [-0.3, -0.25) is 9.54 Å². The molecule has 0 atom stereocenters. The minimum atomic E-state index is -4.90. The molecule has 100 valence electrons. The third kappa shape index (κ3) is 5.13. The summed E-state index contributed by atoms with van der Waals surface area (Å²) in [5.74, 6) is 2.21. The average Bonchev–Trinajstić information content (AvgIpc) is 2.27. The lowest BCUT2D eigenvalue weighted by Crippen LogP contribution is -2.12. The molecule has 0 saturated carbocycles. The molecule has 5 nitrogen and oxygen atoms in total. The smallest absolute Gasteiger partial charge is 0.320 e. The topological polar surface area (TPSA) is 93.3 Å². The summed E-state index contributed by atoms with van der Waals surface area (Å²) < 4.78 is 66.0. The van der Waals surface area contributed by atoms with Crippen LogP contribution in [0, 0.1) is 12.3 Å². The largest absolute Gasteiger partial charge is 0.417 e. The van der Waals surface area contributed by atoms with Gasteiger partial charge in [-0.15, -0.1) is 6.42 Å². The molecule has 9 heteroatoms. The molecule has 0 amide bonds. The number of halogens is 3. The highest BCUT2D eigenvalue weighted by atomic mass is 32.2. The Morgan fingerprint density at radius 3 is 2.28 bits per heavy atom. The molecule has 1 rings (SSSR count). The Hall–Kier alpha value is -1.63. The fourth-order valence-corrected chi connectivity index (χ4v) is 1.48. The first kappa shape index (κ1) is 16.4. The van der Waals surface area contributed by atoms with E-state index in [2.05, 4.69) is 17.3 Å². The Balaban J connectivity index is 0.000000631. The quantitative estimate of drug-likeness (QED) is 0.590. The Kier molecular flexibility index (Phi) is 5.77. The zero-order valence-corrected chi connectivity index (χ0v) is 9.66. The Labute approximate surface area is 102 Å². The van der Waals surface area contributed by atoms with Crippen molar-refractivity contribution in [3.63, 3.8) is 0 Å². The average molecular weight is 282 g/mol. The van der Waals surface area contributed by atoms with Crippen LogP contribution in [0.1, 0.15) is 5.56 Å². The van der Waals surface area contributed by atoms with E-state index in [1.54, 1.807) is 0 Å². The van der Waals surface area contributed by atoms with Gasteiger partial charge in [0.1, 0.15) is 4.90 Å². The summed E-state index contributed by atoms with van der Waals surface area (Å²) in [7, 11) is -4.90. The highest BCUT2D eigenvalue weighted by Gasteiger charge is 2.36. The lowest BCUT2D eigenvalue weighted by atomic mass is 10.3. The highest BCUT2D eigenvalue weighted by Crippen LogP contribution is 2.33. The molecule has 0 bridgehead atoms. The molecule has 1 aromatic heterocycles. The molecule has 0 saturated heterocycles.